The Balaban J connectivity index is 4.97. The third-order valence-electron chi connectivity index (χ3n) is 3.60. The molecule has 29 heavy (non-hydrogen) atoms. The fourth-order valence-corrected chi connectivity index (χ4v) is 1.95. The van der Waals surface area contributed by atoms with Gasteiger partial charge in [0.25, 0.3) is 0 Å². The number of carbonyl (C=O) groups is 6. The van der Waals surface area contributed by atoms with Crippen LogP contribution in [0.1, 0.15) is 26.2 Å². The number of carboxylic acid groups (broad SMARTS) is 2. The van der Waals surface area contributed by atoms with E-state index in [1.54, 1.807) is 0 Å². The zero-order valence-corrected chi connectivity index (χ0v) is 15.6. The molecule has 0 saturated heterocycles. The Morgan fingerprint density at radius 1 is 0.897 bits per heavy atom. The fraction of sp³-hybridized carbons (Fsp3) is 0.600. The van der Waals surface area contributed by atoms with Crippen LogP contribution in [-0.2, 0) is 28.8 Å². The van der Waals surface area contributed by atoms with Crippen molar-refractivity contribution in [1.29, 1.82) is 0 Å². The van der Waals surface area contributed by atoms with Crippen LogP contribution in [0.15, 0.2) is 0 Å². The van der Waals surface area contributed by atoms with Gasteiger partial charge in [-0.2, -0.15) is 0 Å². The second-order valence-corrected chi connectivity index (χ2v) is 6.08. The molecule has 0 aromatic rings. The first-order chi connectivity index (χ1) is 13.4. The lowest BCUT2D eigenvalue weighted by molar-refractivity contribution is -0.144. The maximum absolute atomic E-state index is 12.2. The van der Waals surface area contributed by atoms with Gasteiger partial charge in [0.15, 0.2) is 0 Å². The van der Waals surface area contributed by atoms with E-state index in [1.165, 1.54) is 6.92 Å². The monoisotopic (exact) mass is 419 g/mol. The summed E-state index contributed by atoms with van der Waals surface area (Å²) in [6, 6.07) is -5.73. The molecular formula is C15H25N5O9. The highest BCUT2D eigenvalue weighted by Gasteiger charge is 2.30. The Kier molecular flexibility index (Phi) is 10.9. The molecule has 0 rings (SSSR count). The maximum atomic E-state index is 12.2. The third-order valence-corrected chi connectivity index (χ3v) is 3.60. The average Bonchev–Trinajstić information content (AvgIpc) is 2.62. The lowest BCUT2D eigenvalue weighted by Crippen LogP contribution is -2.57. The van der Waals surface area contributed by atoms with Gasteiger partial charge in [0.1, 0.15) is 18.1 Å². The van der Waals surface area contributed by atoms with Crippen LogP contribution in [0.4, 0.5) is 0 Å². The summed E-state index contributed by atoms with van der Waals surface area (Å²) in [5.41, 5.74) is 10.5. The first kappa shape index (κ1) is 25.7. The van der Waals surface area contributed by atoms with Crippen molar-refractivity contribution in [2.75, 3.05) is 6.61 Å². The lowest BCUT2D eigenvalue weighted by atomic mass is 10.1. The average molecular weight is 419 g/mol. The second kappa shape index (κ2) is 12.2. The molecule has 4 atom stereocenters. The summed E-state index contributed by atoms with van der Waals surface area (Å²) in [4.78, 5) is 68.6. The molecule has 0 aromatic heterocycles. The van der Waals surface area contributed by atoms with Crippen molar-refractivity contribution >= 4 is 35.6 Å². The summed E-state index contributed by atoms with van der Waals surface area (Å²) < 4.78 is 0. The number of aliphatic hydroxyl groups excluding tert-OH is 1. The summed E-state index contributed by atoms with van der Waals surface area (Å²) in [6.07, 6.45) is -1.09. The first-order valence-electron chi connectivity index (χ1n) is 8.39. The number of amides is 4. The van der Waals surface area contributed by atoms with Crippen LogP contribution in [-0.4, -0.2) is 81.7 Å². The minimum absolute atomic E-state index is 0.0582. The van der Waals surface area contributed by atoms with E-state index in [1.807, 2.05) is 5.32 Å². The third kappa shape index (κ3) is 10.0. The predicted octanol–water partition coefficient (Wildman–Crippen LogP) is -4.39. The normalized spacial score (nSPS) is 14.6. The van der Waals surface area contributed by atoms with Crippen molar-refractivity contribution in [3.05, 3.63) is 0 Å². The standard InChI is InChI=1S/C15H25N5O9/c1-6(18-13(26)7(16)2-3-10(17)22)12(25)19-8(4-11(23)24)14(27)20-9(5-21)15(28)29/h6-9,21H,2-5,16H2,1H3,(H2,17,22)(H,18,26)(H,19,25)(H,20,27)(H,23,24)(H,28,29). The molecule has 0 fully saturated rings. The number of primary amides is 1. The van der Waals surface area contributed by atoms with Gasteiger partial charge in [0.2, 0.25) is 23.6 Å². The quantitative estimate of drug-likeness (QED) is 0.142. The largest absolute Gasteiger partial charge is 0.481 e. The van der Waals surface area contributed by atoms with Crippen molar-refractivity contribution in [2.24, 2.45) is 11.5 Å². The number of carbonyl (C=O) groups excluding carboxylic acids is 4. The number of hydrogen-bond donors (Lipinski definition) is 8. The number of hydrogen-bond acceptors (Lipinski definition) is 8. The smallest absolute Gasteiger partial charge is 0.328 e. The molecule has 14 nitrogen and oxygen atoms in total. The second-order valence-electron chi connectivity index (χ2n) is 6.08. The highest BCUT2D eigenvalue weighted by atomic mass is 16.4. The number of nitrogens with two attached hydrogens (primary N) is 2. The van der Waals surface area contributed by atoms with E-state index in [9.17, 15) is 28.8 Å². The zero-order chi connectivity index (χ0) is 22.7. The van der Waals surface area contributed by atoms with Gasteiger partial charge in [-0.05, 0) is 13.3 Å². The Hall–Kier alpha value is -3.26. The molecule has 0 saturated carbocycles. The number of aliphatic carboxylic acids is 2. The molecule has 0 radical (unpaired) electrons. The molecule has 4 amide bonds. The van der Waals surface area contributed by atoms with Crippen LogP contribution >= 0.6 is 0 Å². The molecule has 164 valence electrons. The van der Waals surface area contributed by atoms with Gasteiger partial charge in [-0.1, -0.05) is 0 Å². The summed E-state index contributed by atoms with van der Waals surface area (Å²) >= 11 is 0. The molecule has 0 aliphatic rings. The zero-order valence-electron chi connectivity index (χ0n) is 15.6. The molecule has 0 aliphatic carbocycles. The van der Waals surface area contributed by atoms with Crippen molar-refractivity contribution < 1.29 is 44.1 Å². The van der Waals surface area contributed by atoms with Crippen molar-refractivity contribution in [2.45, 2.75) is 50.4 Å². The van der Waals surface area contributed by atoms with Crippen LogP contribution in [0, 0.1) is 0 Å². The van der Waals surface area contributed by atoms with Crippen LogP contribution in [0.2, 0.25) is 0 Å². The Morgan fingerprint density at radius 2 is 1.45 bits per heavy atom. The van der Waals surface area contributed by atoms with E-state index in [4.69, 9.17) is 26.8 Å². The van der Waals surface area contributed by atoms with E-state index < -0.39 is 72.8 Å². The minimum Gasteiger partial charge on any atom is -0.481 e. The molecular weight excluding hydrogens is 394 g/mol. The number of nitrogens with one attached hydrogen (secondary N) is 3. The summed E-state index contributed by atoms with van der Waals surface area (Å²) in [6.45, 7) is 0.280. The number of rotatable bonds is 13. The molecule has 0 bridgehead atoms. The van der Waals surface area contributed by atoms with Crippen molar-refractivity contribution in [3.8, 4) is 0 Å². The molecule has 0 heterocycles. The highest BCUT2D eigenvalue weighted by molar-refractivity contribution is 5.95. The topological polar surface area (TPSA) is 251 Å². The summed E-state index contributed by atoms with van der Waals surface area (Å²) in [7, 11) is 0. The van der Waals surface area contributed by atoms with E-state index in [0.29, 0.717) is 0 Å². The predicted molar refractivity (Wildman–Crippen MR) is 94.8 cm³/mol. The van der Waals surface area contributed by atoms with Crippen LogP contribution in [0.3, 0.4) is 0 Å². The van der Waals surface area contributed by atoms with Crippen LogP contribution in [0.25, 0.3) is 0 Å². The molecule has 14 heteroatoms. The molecule has 10 N–H and O–H groups in total. The van der Waals surface area contributed by atoms with Crippen LogP contribution < -0.4 is 27.4 Å². The SMILES string of the molecule is CC(NC(=O)C(N)CCC(N)=O)C(=O)NC(CC(=O)O)C(=O)NC(CO)C(=O)O. The van der Waals surface area contributed by atoms with Crippen molar-refractivity contribution in [3.63, 3.8) is 0 Å². The highest BCUT2D eigenvalue weighted by Crippen LogP contribution is 1.99. The van der Waals surface area contributed by atoms with Crippen molar-refractivity contribution in [1.82, 2.24) is 16.0 Å². The Labute approximate surface area is 165 Å². The minimum atomic E-state index is -1.70. The van der Waals surface area contributed by atoms with Gasteiger partial charge in [-0.15, -0.1) is 0 Å². The van der Waals surface area contributed by atoms with Gasteiger partial charge in [0, 0.05) is 6.42 Å². The summed E-state index contributed by atoms with van der Waals surface area (Å²) in [5.74, 6) is -6.57. The lowest BCUT2D eigenvalue weighted by Gasteiger charge is -2.22. The number of aliphatic hydroxyl groups is 1. The molecule has 0 aromatic carbocycles. The van der Waals surface area contributed by atoms with Gasteiger partial charge >= 0.3 is 11.9 Å². The first-order valence-corrected chi connectivity index (χ1v) is 8.39. The van der Waals surface area contributed by atoms with Gasteiger partial charge in [-0.3, -0.25) is 24.0 Å². The molecule has 0 spiro atoms. The van der Waals surface area contributed by atoms with Gasteiger partial charge in [-0.25, -0.2) is 4.79 Å². The van der Waals surface area contributed by atoms with E-state index >= 15 is 0 Å². The maximum Gasteiger partial charge on any atom is 0.328 e. The summed E-state index contributed by atoms with van der Waals surface area (Å²) in [5, 5.41) is 32.8. The Bertz CT molecular complexity index is 654. The van der Waals surface area contributed by atoms with Crippen LogP contribution in [0.5, 0.6) is 0 Å². The molecule has 4 unspecified atom stereocenters. The van der Waals surface area contributed by atoms with E-state index in [-0.39, 0.29) is 12.8 Å². The van der Waals surface area contributed by atoms with E-state index in [2.05, 4.69) is 10.6 Å². The fourth-order valence-electron chi connectivity index (χ4n) is 1.95. The Morgan fingerprint density at radius 3 is 1.90 bits per heavy atom. The number of carboxylic acids is 2. The van der Waals surface area contributed by atoms with E-state index in [0.717, 1.165) is 0 Å². The van der Waals surface area contributed by atoms with Gasteiger partial charge in [0.05, 0.1) is 19.1 Å². The molecule has 0 aliphatic heterocycles. The van der Waals surface area contributed by atoms with Gasteiger partial charge < -0.3 is 42.7 Å².